The summed E-state index contributed by atoms with van der Waals surface area (Å²) in [6.07, 6.45) is 2.26. The van der Waals surface area contributed by atoms with Crippen LogP contribution in [0.4, 0.5) is 11.6 Å². The largest absolute Gasteiger partial charge is 0.383 e. The van der Waals surface area contributed by atoms with Crippen molar-refractivity contribution in [2.24, 2.45) is 0 Å². The average Bonchev–Trinajstić information content (AvgIpc) is 3.08. The van der Waals surface area contributed by atoms with Gasteiger partial charge >= 0.3 is 0 Å². The standard InChI is InChI=1S/C15H16ClN5/c16-12-5-3-4-11(8-12)10-21-14(18)13(9-17)15(19-21)20-6-1-2-7-20/h3-5,8H,1-2,6-7,10,18H2. The molecule has 0 bridgehead atoms. The van der Waals surface area contributed by atoms with Crippen LogP contribution in [-0.4, -0.2) is 22.9 Å². The summed E-state index contributed by atoms with van der Waals surface area (Å²) < 4.78 is 1.68. The second-order valence-electron chi connectivity index (χ2n) is 5.18. The van der Waals surface area contributed by atoms with E-state index in [1.807, 2.05) is 24.3 Å². The molecule has 2 N–H and O–H groups in total. The van der Waals surface area contributed by atoms with Crippen molar-refractivity contribution in [3.05, 3.63) is 40.4 Å². The fraction of sp³-hybridized carbons (Fsp3) is 0.333. The Hall–Kier alpha value is -2.19. The minimum atomic E-state index is 0.416. The molecule has 5 nitrogen and oxygen atoms in total. The molecular weight excluding hydrogens is 286 g/mol. The van der Waals surface area contributed by atoms with Gasteiger partial charge in [-0.1, -0.05) is 23.7 Å². The molecule has 2 aromatic rings. The maximum atomic E-state index is 9.35. The van der Waals surface area contributed by atoms with E-state index in [1.54, 1.807) is 4.68 Å². The SMILES string of the molecule is N#Cc1c(N2CCCC2)nn(Cc2cccc(Cl)c2)c1N. The number of anilines is 2. The highest BCUT2D eigenvalue weighted by molar-refractivity contribution is 6.30. The third-order valence-corrected chi connectivity index (χ3v) is 3.95. The molecule has 0 radical (unpaired) electrons. The van der Waals surface area contributed by atoms with Crippen LogP contribution in [0.15, 0.2) is 24.3 Å². The molecule has 1 aromatic heterocycles. The molecule has 0 amide bonds. The van der Waals surface area contributed by atoms with E-state index in [4.69, 9.17) is 17.3 Å². The van der Waals surface area contributed by atoms with Crippen LogP contribution in [0.3, 0.4) is 0 Å². The maximum Gasteiger partial charge on any atom is 0.170 e. The topological polar surface area (TPSA) is 70.9 Å². The molecule has 1 saturated heterocycles. The highest BCUT2D eigenvalue weighted by Gasteiger charge is 2.23. The van der Waals surface area contributed by atoms with Crippen LogP contribution in [0.5, 0.6) is 0 Å². The minimum absolute atomic E-state index is 0.416. The van der Waals surface area contributed by atoms with Crippen molar-refractivity contribution in [3.8, 4) is 6.07 Å². The fourth-order valence-corrected chi connectivity index (χ4v) is 2.86. The predicted molar refractivity (Wildman–Crippen MR) is 83.4 cm³/mol. The van der Waals surface area contributed by atoms with Crippen molar-refractivity contribution in [1.82, 2.24) is 9.78 Å². The Balaban J connectivity index is 1.94. The van der Waals surface area contributed by atoms with Gasteiger partial charge in [0.1, 0.15) is 17.5 Å². The molecule has 1 aromatic carbocycles. The third-order valence-electron chi connectivity index (χ3n) is 3.71. The summed E-state index contributed by atoms with van der Waals surface area (Å²) in [6.45, 7) is 2.37. The Bertz CT molecular complexity index is 695. The van der Waals surface area contributed by atoms with E-state index in [9.17, 15) is 5.26 Å². The smallest absolute Gasteiger partial charge is 0.170 e. The molecule has 3 rings (SSSR count). The Labute approximate surface area is 128 Å². The minimum Gasteiger partial charge on any atom is -0.383 e. The summed E-state index contributed by atoms with van der Waals surface area (Å²) in [5.41, 5.74) is 7.57. The van der Waals surface area contributed by atoms with E-state index >= 15 is 0 Å². The highest BCUT2D eigenvalue weighted by Crippen LogP contribution is 2.28. The number of nitrogens with two attached hydrogens (primary N) is 1. The zero-order valence-electron chi connectivity index (χ0n) is 11.6. The Morgan fingerprint density at radius 3 is 2.76 bits per heavy atom. The monoisotopic (exact) mass is 301 g/mol. The molecule has 0 unspecified atom stereocenters. The molecule has 2 heterocycles. The summed E-state index contributed by atoms with van der Waals surface area (Å²) >= 11 is 6.00. The van der Waals surface area contributed by atoms with Gasteiger partial charge in [-0.25, -0.2) is 4.68 Å². The van der Waals surface area contributed by atoms with Crippen molar-refractivity contribution < 1.29 is 0 Å². The van der Waals surface area contributed by atoms with E-state index in [0.717, 1.165) is 31.5 Å². The maximum absolute atomic E-state index is 9.35. The van der Waals surface area contributed by atoms with Crippen LogP contribution in [0, 0.1) is 11.3 Å². The molecule has 0 atom stereocenters. The molecule has 1 fully saturated rings. The van der Waals surface area contributed by atoms with E-state index in [-0.39, 0.29) is 0 Å². The number of nitriles is 1. The van der Waals surface area contributed by atoms with Crippen molar-refractivity contribution in [1.29, 1.82) is 5.26 Å². The van der Waals surface area contributed by atoms with Crippen LogP contribution >= 0.6 is 11.6 Å². The molecule has 0 aliphatic carbocycles. The van der Waals surface area contributed by atoms with E-state index in [2.05, 4.69) is 16.1 Å². The molecule has 21 heavy (non-hydrogen) atoms. The Morgan fingerprint density at radius 2 is 2.10 bits per heavy atom. The van der Waals surface area contributed by atoms with Gasteiger partial charge in [0.15, 0.2) is 5.82 Å². The number of aromatic nitrogens is 2. The number of hydrogen-bond acceptors (Lipinski definition) is 4. The lowest BCUT2D eigenvalue weighted by Crippen LogP contribution is -2.19. The van der Waals surface area contributed by atoms with Crippen LogP contribution in [0.1, 0.15) is 24.0 Å². The normalized spacial score (nSPS) is 14.4. The summed E-state index contributed by atoms with van der Waals surface area (Å²) in [5, 5.41) is 14.6. The van der Waals surface area contributed by atoms with Gasteiger partial charge in [0.05, 0.1) is 6.54 Å². The van der Waals surface area contributed by atoms with Crippen LogP contribution < -0.4 is 10.6 Å². The number of nitrogens with zero attached hydrogens (tertiary/aromatic N) is 4. The molecule has 6 heteroatoms. The van der Waals surface area contributed by atoms with Gasteiger partial charge in [0, 0.05) is 18.1 Å². The first-order valence-electron chi connectivity index (χ1n) is 6.95. The highest BCUT2D eigenvalue weighted by atomic mass is 35.5. The second kappa shape index (κ2) is 5.66. The summed E-state index contributed by atoms with van der Waals surface area (Å²) in [6, 6.07) is 9.75. The van der Waals surface area contributed by atoms with Crippen molar-refractivity contribution in [2.75, 3.05) is 23.7 Å². The van der Waals surface area contributed by atoms with Crippen LogP contribution in [0.2, 0.25) is 5.02 Å². The van der Waals surface area contributed by atoms with Gasteiger partial charge < -0.3 is 10.6 Å². The van der Waals surface area contributed by atoms with Gasteiger partial charge in [0.2, 0.25) is 0 Å². The zero-order chi connectivity index (χ0) is 14.8. The summed E-state index contributed by atoms with van der Waals surface area (Å²) in [7, 11) is 0. The van der Waals surface area contributed by atoms with Crippen molar-refractivity contribution in [2.45, 2.75) is 19.4 Å². The first-order valence-corrected chi connectivity index (χ1v) is 7.32. The fourth-order valence-electron chi connectivity index (χ4n) is 2.65. The zero-order valence-corrected chi connectivity index (χ0v) is 12.3. The number of hydrogen-bond donors (Lipinski definition) is 1. The van der Waals surface area contributed by atoms with Gasteiger partial charge in [-0.3, -0.25) is 0 Å². The first kappa shape index (κ1) is 13.8. The summed E-state index contributed by atoms with van der Waals surface area (Å²) in [4.78, 5) is 2.13. The van der Waals surface area contributed by atoms with E-state index < -0.39 is 0 Å². The van der Waals surface area contributed by atoms with Crippen LogP contribution in [0.25, 0.3) is 0 Å². The number of rotatable bonds is 3. The number of halogens is 1. The van der Waals surface area contributed by atoms with E-state index in [0.29, 0.717) is 28.8 Å². The number of nitrogen functional groups attached to an aromatic ring is 1. The Kier molecular flexibility index (Phi) is 3.72. The molecule has 0 saturated carbocycles. The van der Waals surface area contributed by atoms with Crippen LogP contribution in [-0.2, 0) is 6.54 Å². The number of benzene rings is 1. The Morgan fingerprint density at radius 1 is 1.33 bits per heavy atom. The molecule has 1 aliphatic heterocycles. The first-order chi connectivity index (χ1) is 10.2. The average molecular weight is 302 g/mol. The lowest BCUT2D eigenvalue weighted by Gasteiger charge is -2.13. The molecular formula is C15H16ClN5. The second-order valence-corrected chi connectivity index (χ2v) is 5.61. The third kappa shape index (κ3) is 2.67. The van der Waals surface area contributed by atoms with Gasteiger partial charge in [0.25, 0.3) is 0 Å². The lowest BCUT2D eigenvalue weighted by molar-refractivity contribution is 0.691. The van der Waals surface area contributed by atoms with Gasteiger partial charge in [-0.05, 0) is 30.5 Å². The quantitative estimate of drug-likeness (QED) is 0.946. The lowest BCUT2D eigenvalue weighted by atomic mass is 10.2. The predicted octanol–water partition coefficient (Wildman–Crippen LogP) is 2.64. The van der Waals surface area contributed by atoms with E-state index in [1.165, 1.54) is 0 Å². The molecule has 0 spiro atoms. The van der Waals surface area contributed by atoms with Crippen molar-refractivity contribution >= 4 is 23.2 Å². The molecule has 1 aliphatic rings. The molecule has 108 valence electrons. The summed E-state index contributed by atoms with van der Waals surface area (Å²) in [5.74, 6) is 1.12. The van der Waals surface area contributed by atoms with Crippen molar-refractivity contribution in [3.63, 3.8) is 0 Å². The van der Waals surface area contributed by atoms with Gasteiger partial charge in [-0.15, -0.1) is 0 Å². The van der Waals surface area contributed by atoms with Gasteiger partial charge in [-0.2, -0.15) is 10.4 Å².